The van der Waals surface area contributed by atoms with E-state index in [1.165, 1.54) is 0 Å². The summed E-state index contributed by atoms with van der Waals surface area (Å²) in [5, 5.41) is 19.0. The maximum atomic E-state index is 9.58. The van der Waals surface area contributed by atoms with Gasteiger partial charge in [0.2, 0.25) is 0 Å². The van der Waals surface area contributed by atoms with Crippen LogP contribution in [-0.2, 0) is 5.54 Å². The highest BCUT2D eigenvalue weighted by Gasteiger charge is 2.20. The summed E-state index contributed by atoms with van der Waals surface area (Å²) in [5.74, 6) is -0.205. The standard InChI is InChI=1S/C10H15NO2/c1-6-4-5-7(10(2,3)11)9(13)8(6)12/h4-5,12-13H,11H2,1-3H3. The lowest BCUT2D eigenvalue weighted by Crippen LogP contribution is -2.28. The van der Waals surface area contributed by atoms with Gasteiger partial charge >= 0.3 is 0 Å². The van der Waals surface area contributed by atoms with E-state index in [1.807, 2.05) is 0 Å². The molecule has 1 aromatic carbocycles. The molecule has 3 nitrogen and oxygen atoms in total. The van der Waals surface area contributed by atoms with Crippen LogP contribution in [0.5, 0.6) is 11.5 Å². The van der Waals surface area contributed by atoms with E-state index in [2.05, 4.69) is 0 Å². The van der Waals surface area contributed by atoms with Gasteiger partial charge in [-0.1, -0.05) is 12.1 Å². The van der Waals surface area contributed by atoms with Crippen LogP contribution < -0.4 is 5.73 Å². The zero-order valence-corrected chi connectivity index (χ0v) is 8.13. The summed E-state index contributed by atoms with van der Waals surface area (Å²) < 4.78 is 0. The van der Waals surface area contributed by atoms with Crippen molar-refractivity contribution in [2.24, 2.45) is 5.73 Å². The molecule has 0 bridgehead atoms. The van der Waals surface area contributed by atoms with Crippen LogP contribution in [0.2, 0.25) is 0 Å². The third-order valence-electron chi connectivity index (χ3n) is 2.05. The minimum atomic E-state index is -0.644. The predicted octanol–water partition coefficient (Wildman–Crippen LogP) is 1.60. The Bertz CT molecular complexity index is 326. The van der Waals surface area contributed by atoms with E-state index in [0.29, 0.717) is 11.1 Å². The Kier molecular flexibility index (Phi) is 2.22. The SMILES string of the molecule is Cc1ccc(C(C)(C)N)c(O)c1O. The lowest BCUT2D eigenvalue weighted by atomic mass is 9.93. The molecular formula is C10H15NO2. The largest absolute Gasteiger partial charge is 0.504 e. The van der Waals surface area contributed by atoms with E-state index in [4.69, 9.17) is 5.73 Å². The topological polar surface area (TPSA) is 66.5 Å². The molecule has 13 heavy (non-hydrogen) atoms. The summed E-state index contributed by atoms with van der Waals surface area (Å²) in [7, 11) is 0. The van der Waals surface area contributed by atoms with Gasteiger partial charge in [0, 0.05) is 11.1 Å². The van der Waals surface area contributed by atoms with Gasteiger partial charge in [0.15, 0.2) is 11.5 Å². The van der Waals surface area contributed by atoms with Crippen molar-refractivity contribution in [3.63, 3.8) is 0 Å². The Balaban J connectivity index is 3.35. The predicted molar refractivity (Wildman–Crippen MR) is 51.7 cm³/mol. The third-order valence-corrected chi connectivity index (χ3v) is 2.05. The highest BCUT2D eigenvalue weighted by Crippen LogP contribution is 2.36. The lowest BCUT2D eigenvalue weighted by Gasteiger charge is -2.21. The molecule has 0 aliphatic heterocycles. The summed E-state index contributed by atoms with van der Waals surface area (Å²) >= 11 is 0. The van der Waals surface area contributed by atoms with Crippen LogP contribution in [0.15, 0.2) is 12.1 Å². The normalized spacial score (nSPS) is 11.7. The summed E-state index contributed by atoms with van der Waals surface area (Å²) in [6.07, 6.45) is 0. The molecule has 0 spiro atoms. The summed E-state index contributed by atoms with van der Waals surface area (Å²) in [6, 6.07) is 3.46. The lowest BCUT2D eigenvalue weighted by molar-refractivity contribution is 0.384. The van der Waals surface area contributed by atoms with E-state index in [1.54, 1.807) is 32.9 Å². The summed E-state index contributed by atoms with van der Waals surface area (Å²) in [5.41, 5.74) is 6.36. The monoisotopic (exact) mass is 181 g/mol. The number of phenols is 2. The van der Waals surface area contributed by atoms with Gasteiger partial charge in [-0.2, -0.15) is 0 Å². The number of hydrogen-bond acceptors (Lipinski definition) is 3. The van der Waals surface area contributed by atoms with E-state index < -0.39 is 5.54 Å². The number of phenolic OH excluding ortho intramolecular Hbond substituents is 2. The van der Waals surface area contributed by atoms with Crippen LogP contribution in [0.3, 0.4) is 0 Å². The summed E-state index contributed by atoms with van der Waals surface area (Å²) in [6.45, 7) is 5.27. The molecule has 1 rings (SSSR count). The molecule has 1 aromatic rings. The van der Waals surface area contributed by atoms with Gasteiger partial charge in [-0.15, -0.1) is 0 Å². The molecule has 72 valence electrons. The molecule has 0 aliphatic rings. The van der Waals surface area contributed by atoms with Crippen molar-refractivity contribution in [3.8, 4) is 11.5 Å². The number of aryl methyl sites for hydroxylation is 1. The van der Waals surface area contributed by atoms with E-state index in [9.17, 15) is 10.2 Å². The molecule has 0 atom stereocenters. The smallest absolute Gasteiger partial charge is 0.162 e. The molecule has 0 saturated heterocycles. The molecule has 0 amide bonds. The van der Waals surface area contributed by atoms with Gasteiger partial charge in [-0.25, -0.2) is 0 Å². The quantitative estimate of drug-likeness (QED) is 0.576. The van der Waals surface area contributed by atoms with Crippen molar-refractivity contribution < 1.29 is 10.2 Å². The molecule has 0 heterocycles. The number of rotatable bonds is 1. The molecule has 4 N–H and O–H groups in total. The molecule has 0 unspecified atom stereocenters. The van der Waals surface area contributed by atoms with Crippen LogP contribution in [-0.4, -0.2) is 10.2 Å². The van der Waals surface area contributed by atoms with Gasteiger partial charge in [-0.3, -0.25) is 0 Å². The van der Waals surface area contributed by atoms with Crippen molar-refractivity contribution >= 4 is 0 Å². The highest BCUT2D eigenvalue weighted by molar-refractivity contribution is 5.51. The van der Waals surface area contributed by atoms with E-state index >= 15 is 0 Å². The van der Waals surface area contributed by atoms with Gasteiger partial charge in [0.25, 0.3) is 0 Å². The van der Waals surface area contributed by atoms with E-state index in [-0.39, 0.29) is 11.5 Å². The fourth-order valence-electron chi connectivity index (χ4n) is 1.20. The third kappa shape index (κ3) is 1.75. The minimum Gasteiger partial charge on any atom is -0.504 e. The molecule has 3 heteroatoms. The van der Waals surface area contributed by atoms with Gasteiger partial charge in [0.1, 0.15) is 0 Å². The van der Waals surface area contributed by atoms with Crippen LogP contribution in [0.1, 0.15) is 25.0 Å². The fourth-order valence-corrected chi connectivity index (χ4v) is 1.20. The maximum Gasteiger partial charge on any atom is 0.162 e. The maximum absolute atomic E-state index is 9.58. The van der Waals surface area contributed by atoms with Crippen LogP contribution in [0, 0.1) is 6.92 Å². The number of aromatic hydroxyl groups is 2. The number of nitrogens with two attached hydrogens (primary N) is 1. The Morgan fingerprint density at radius 3 is 2.15 bits per heavy atom. The second-order valence-corrected chi connectivity index (χ2v) is 3.85. The molecule has 0 saturated carbocycles. The molecule has 0 aliphatic carbocycles. The van der Waals surface area contributed by atoms with E-state index in [0.717, 1.165) is 0 Å². The van der Waals surface area contributed by atoms with Crippen LogP contribution in [0.4, 0.5) is 0 Å². The van der Waals surface area contributed by atoms with Crippen molar-refractivity contribution in [1.82, 2.24) is 0 Å². The van der Waals surface area contributed by atoms with Gasteiger partial charge in [0.05, 0.1) is 0 Å². The first-order valence-corrected chi connectivity index (χ1v) is 4.15. The first-order chi connectivity index (χ1) is 5.84. The first-order valence-electron chi connectivity index (χ1n) is 4.15. The second kappa shape index (κ2) is 2.92. The molecule has 0 radical (unpaired) electrons. The first kappa shape index (κ1) is 9.86. The summed E-state index contributed by atoms with van der Waals surface area (Å²) in [4.78, 5) is 0. The van der Waals surface area contributed by atoms with Crippen LogP contribution >= 0.6 is 0 Å². The molecule has 0 aromatic heterocycles. The Morgan fingerprint density at radius 1 is 1.15 bits per heavy atom. The average molecular weight is 181 g/mol. The fraction of sp³-hybridized carbons (Fsp3) is 0.400. The minimum absolute atomic E-state index is 0.0870. The Labute approximate surface area is 77.8 Å². The van der Waals surface area contributed by atoms with Gasteiger partial charge < -0.3 is 15.9 Å². The van der Waals surface area contributed by atoms with Crippen molar-refractivity contribution in [2.45, 2.75) is 26.3 Å². The molecular weight excluding hydrogens is 166 g/mol. The zero-order valence-electron chi connectivity index (χ0n) is 8.13. The van der Waals surface area contributed by atoms with Crippen molar-refractivity contribution in [1.29, 1.82) is 0 Å². The van der Waals surface area contributed by atoms with Gasteiger partial charge in [-0.05, 0) is 26.3 Å². The number of hydrogen-bond donors (Lipinski definition) is 3. The Hall–Kier alpha value is -1.22. The average Bonchev–Trinajstić information content (AvgIpc) is 1.98. The zero-order chi connectivity index (χ0) is 10.2. The molecule has 0 fully saturated rings. The van der Waals surface area contributed by atoms with Crippen molar-refractivity contribution in [3.05, 3.63) is 23.3 Å². The highest BCUT2D eigenvalue weighted by atomic mass is 16.3. The number of benzene rings is 1. The Morgan fingerprint density at radius 2 is 1.69 bits per heavy atom. The van der Waals surface area contributed by atoms with Crippen molar-refractivity contribution in [2.75, 3.05) is 0 Å². The van der Waals surface area contributed by atoms with Crippen LogP contribution in [0.25, 0.3) is 0 Å². The second-order valence-electron chi connectivity index (χ2n) is 3.85.